The maximum Gasteiger partial charge on any atom is 0.321 e. The Morgan fingerprint density at radius 1 is 1.56 bits per heavy atom. The highest BCUT2D eigenvalue weighted by molar-refractivity contribution is 5.89. The van der Waals surface area contributed by atoms with Crippen molar-refractivity contribution < 1.29 is 9.53 Å². The van der Waals surface area contributed by atoms with Gasteiger partial charge in [-0.25, -0.2) is 4.79 Å². The van der Waals surface area contributed by atoms with Crippen LogP contribution >= 0.6 is 0 Å². The fourth-order valence-corrected chi connectivity index (χ4v) is 1.31. The zero-order valence-electron chi connectivity index (χ0n) is 10.6. The van der Waals surface area contributed by atoms with Gasteiger partial charge in [-0.2, -0.15) is 0 Å². The highest BCUT2D eigenvalue weighted by atomic mass is 16.5. The van der Waals surface area contributed by atoms with Crippen LogP contribution in [0.2, 0.25) is 0 Å². The summed E-state index contributed by atoms with van der Waals surface area (Å²) in [6.45, 7) is 0.408. The monoisotopic (exact) mass is 250 g/mol. The third-order valence-corrected chi connectivity index (χ3v) is 2.38. The Morgan fingerprint density at radius 3 is 2.89 bits per heavy atom. The Balaban J connectivity index is 2.55. The molecular formula is C12H18N4O2. The molecule has 0 fully saturated rings. The number of urea groups is 1. The van der Waals surface area contributed by atoms with Crippen molar-refractivity contribution in [1.29, 1.82) is 5.41 Å². The molecule has 0 bridgehead atoms. The van der Waals surface area contributed by atoms with Gasteiger partial charge in [0, 0.05) is 31.8 Å². The number of nitrogens with one attached hydrogen (secondary N) is 2. The number of carbonyl (C=O) groups is 1. The Labute approximate surface area is 106 Å². The molecule has 0 aliphatic carbocycles. The summed E-state index contributed by atoms with van der Waals surface area (Å²) in [6.07, 6.45) is 0.363. The van der Waals surface area contributed by atoms with Crippen LogP contribution in [0.3, 0.4) is 0 Å². The molecule has 0 saturated carbocycles. The second-order valence-corrected chi connectivity index (χ2v) is 3.86. The standard InChI is InChI=1S/C12H18N4O2/c1-16(7-6-11(13)14)12(17)15-9-4-3-5-10(8-9)18-2/h3-5,8H,6-7H2,1-2H3,(H3,13,14)(H,15,17). The molecule has 98 valence electrons. The quantitative estimate of drug-likeness (QED) is 0.546. The van der Waals surface area contributed by atoms with Gasteiger partial charge in [-0.15, -0.1) is 0 Å². The van der Waals surface area contributed by atoms with Crippen molar-refractivity contribution in [3.05, 3.63) is 24.3 Å². The van der Waals surface area contributed by atoms with Gasteiger partial charge in [0.15, 0.2) is 0 Å². The van der Waals surface area contributed by atoms with Gasteiger partial charge in [0.2, 0.25) is 0 Å². The Morgan fingerprint density at radius 2 is 2.28 bits per heavy atom. The van der Waals surface area contributed by atoms with Crippen molar-refractivity contribution in [2.45, 2.75) is 6.42 Å². The van der Waals surface area contributed by atoms with E-state index in [0.29, 0.717) is 24.4 Å². The molecular weight excluding hydrogens is 232 g/mol. The highest BCUT2D eigenvalue weighted by Crippen LogP contribution is 2.16. The van der Waals surface area contributed by atoms with Crippen molar-refractivity contribution in [2.75, 3.05) is 26.0 Å². The van der Waals surface area contributed by atoms with E-state index in [0.717, 1.165) is 0 Å². The lowest BCUT2D eigenvalue weighted by Gasteiger charge is -2.17. The number of benzene rings is 1. The molecule has 18 heavy (non-hydrogen) atoms. The number of hydrogen-bond donors (Lipinski definition) is 3. The van der Waals surface area contributed by atoms with Crippen molar-refractivity contribution in [2.24, 2.45) is 5.73 Å². The van der Waals surface area contributed by atoms with Gasteiger partial charge in [0.1, 0.15) is 5.75 Å². The van der Waals surface area contributed by atoms with Crippen molar-refractivity contribution in [3.63, 3.8) is 0 Å². The Kier molecular flexibility index (Phi) is 4.98. The molecule has 0 atom stereocenters. The first kappa shape index (κ1) is 13.8. The van der Waals surface area contributed by atoms with Gasteiger partial charge in [-0.1, -0.05) is 6.07 Å². The van der Waals surface area contributed by atoms with Crippen LogP contribution in [0.4, 0.5) is 10.5 Å². The van der Waals surface area contributed by atoms with Crippen LogP contribution in [-0.4, -0.2) is 37.5 Å². The van der Waals surface area contributed by atoms with Crippen LogP contribution in [-0.2, 0) is 0 Å². The molecule has 0 aliphatic rings. The lowest BCUT2D eigenvalue weighted by molar-refractivity contribution is 0.223. The number of amidine groups is 1. The van der Waals surface area contributed by atoms with Crippen molar-refractivity contribution in [3.8, 4) is 5.75 Å². The number of carbonyl (C=O) groups excluding carboxylic acids is 1. The van der Waals surface area contributed by atoms with Crippen LogP contribution in [0.5, 0.6) is 5.75 Å². The summed E-state index contributed by atoms with van der Waals surface area (Å²) in [6, 6.07) is 6.86. The summed E-state index contributed by atoms with van der Waals surface area (Å²) < 4.78 is 5.07. The number of anilines is 1. The third kappa shape index (κ3) is 4.32. The molecule has 1 aromatic carbocycles. The number of hydrogen-bond acceptors (Lipinski definition) is 3. The highest BCUT2D eigenvalue weighted by Gasteiger charge is 2.09. The largest absolute Gasteiger partial charge is 0.497 e. The Hall–Kier alpha value is -2.24. The number of methoxy groups -OCH3 is 1. The van der Waals surface area contributed by atoms with Crippen LogP contribution in [0.1, 0.15) is 6.42 Å². The second-order valence-electron chi connectivity index (χ2n) is 3.86. The zero-order valence-corrected chi connectivity index (χ0v) is 10.6. The lowest BCUT2D eigenvalue weighted by atomic mass is 10.3. The first-order chi connectivity index (χ1) is 8.52. The molecule has 0 heterocycles. The van der Waals surface area contributed by atoms with E-state index < -0.39 is 0 Å². The number of amides is 2. The first-order valence-electron chi connectivity index (χ1n) is 5.52. The number of nitrogens with two attached hydrogens (primary N) is 1. The molecule has 2 amide bonds. The summed E-state index contributed by atoms with van der Waals surface area (Å²) in [5.41, 5.74) is 5.90. The SMILES string of the molecule is COc1cccc(NC(=O)N(C)CCC(=N)N)c1. The summed E-state index contributed by atoms with van der Waals surface area (Å²) in [5, 5.41) is 9.84. The summed E-state index contributed by atoms with van der Waals surface area (Å²) in [7, 11) is 3.22. The van der Waals surface area contributed by atoms with E-state index in [1.165, 1.54) is 4.90 Å². The normalized spacial score (nSPS) is 9.67. The predicted octanol–water partition coefficient (Wildman–Crippen LogP) is 1.48. The smallest absolute Gasteiger partial charge is 0.321 e. The average Bonchev–Trinajstić information content (AvgIpc) is 2.36. The number of ether oxygens (including phenoxy) is 1. The van der Waals surface area contributed by atoms with Crippen LogP contribution in [0.25, 0.3) is 0 Å². The van der Waals surface area contributed by atoms with E-state index in [4.69, 9.17) is 15.9 Å². The maximum absolute atomic E-state index is 11.8. The minimum absolute atomic E-state index is 0.0658. The predicted molar refractivity (Wildman–Crippen MR) is 71.2 cm³/mol. The molecule has 4 N–H and O–H groups in total. The minimum atomic E-state index is -0.246. The molecule has 1 aromatic rings. The number of rotatable bonds is 5. The first-order valence-corrected chi connectivity index (χ1v) is 5.52. The molecule has 0 unspecified atom stereocenters. The van der Waals surface area contributed by atoms with E-state index in [1.807, 2.05) is 0 Å². The molecule has 6 nitrogen and oxygen atoms in total. The van der Waals surface area contributed by atoms with Crippen molar-refractivity contribution in [1.82, 2.24) is 4.90 Å². The van der Waals surface area contributed by atoms with E-state index in [-0.39, 0.29) is 11.9 Å². The lowest BCUT2D eigenvalue weighted by Crippen LogP contribution is -2.33. The van der Waals surface area contributed by atoms with E-state index >= 15 is 0 Å². The van der Waals surface area contributed by atoms with Crippen LogP contribution < -0.4 is 15.8 Å². The van der Waals surface area contributed by atoms with E-state index in [1.54, 1.807) is 38.4 Å². The summed E-state index contributed by atoms with van der Waals surface area (Å²) in [5.74, 6) is 0.746. The fourth-order valence-electron chi connectivity index (χ4n) is 1.31. The maximum atomic E-state index is 11.8. The molecule has 0 radical (unpaired) electrons. The summed E-state index contributed by atoms with van der Waals surface area (Å²) in [4.78, 5) is 13.3. The second kappa shape index (κ2) is 6.48. The molecule has 0 spiro atoms. The fraction of sp³-hybridized carbons (Fsp3) is 0.333. The van der Waals surface area contributed by atoms with Gasteiger partial charge in [0.25, 0.3) is 0 Å². The minimum Gasteiger partial charge on any atom is -0.497 e. The zero-order chi connectivity index (χ0) is 13.5. The topological polar surface area (TPSA) is 91.4 Å². The van der Waals surface area contributed by atoms with Crippen molar-refractivity contribution >= 4 is 17.6 Å². The molecule has 6 heteroatoms. The summed E-state index contributed by atoms with van der Waals surface area (Å²) >= 11 is 0. The van der Waals surface area contributed by atoms with Gasteiger partial charge in [-0.05, 0) is 12.1 Å². The van der Waals surface area contributed by atoms with Crippen LogP contribution in [0, 0.1) is 5.41 Å². The van der Waals surface area contributed by atoms with E-state index in [2.05, 4.69) is 5.32 Å². The number of nitrogens with zero attached hydrogens (tertiary/aromatic N) is 1. The van der Waals surface area contributed by atoms with Gasteiger partial charge >= 0.3 is 6.03 Å². The van der Waals surface area contributed by atoms with Gasteiger partial charge in [0.05, 0.1) is 12.9 Å². The average molecular weight is 250 g/mol. The molecule has 0 aromatic heterocycles. The Bertz CT molecular complexity index is 434. The van der Waals surface area contributed by atoms with Crippen LogP contribution in [0.15, 0.2) is 24.3 Å². The third-order valence-electron chi connectivity index (χ3n) is 2.38. The molecule has 0 saturated heterocycles. The molecule has 1 rings (SSSR count). The van der Waals surface area contributed by atoms with Gasteiger partial charge < -0.3 is 20.7 Å². The van der Waals surface area contributed by atoms with Gasteiger partial charge in [-0.3, -0.25) is 5.41 Å². The molecule has 0 aliphatic heterocycles. The van der Waals surface area contributed by atoms with E-state index in [9.17, 15) is 4.79 Å².